The fourth-order valence-corrected chi connectivity index (χ4v) is 1.73. The minimum Gasteiger partial charge on any atom is -0.399 e. The zero-order valence-corrected chi connectivity index (χ0v) is 10.2. The number of aromatic nitrogens is 1. The van der Waals surface area contributed by atoms with Crippen LogP contribution >= 0.6 is 0 Å². The lowest BCUT2D eigenvalue weighted by atomic mass is 10.1. The van der Waals surface area contributed by atoms with Gasteiger partial charge >= 0.3 is 0 Å². The number of nitrogens with two attached hydrogens (primary N) is 1. The van der Waals surface area contributed by atoms with Crippen molar-refractivity contribution in [2.75, 3.05) is 12.3 Å². The molecule has 1 amide bonds. The molecule has 0 unspecified atom stereocenters. The predicted octanol–water partition coefficient (Wildman–Crippen LogP) is 1.43. The van der Waals surface area contributed by atoms with Crippen molar-refractivity contribution in [3.8, 4) is 0 Å². The molecular formula is C14H17N3O. The number of carbonyl (C=O) groups excluding carboxylic acids is 1. The Kier molecular flexibility index (Phi) is 4.02. The van der Waals surface area contributed by atoms with Gasteiger partial charge < -0.3 is 15.6 Å². The Morgan fingerprint density at radius 3 is 2.50 bits per heavy atom. The highest BCUT2D eigenvalue weighted by molar-refractivity contribution is 5.78. The Hall–Kier alpha value is -2.23. The predicted molar refractivity (Wildman–Crippen MR) is 72.0 cm³/mol. The van der Waals surface area contributed by atoms with E-state index in [1.165, 1.54) is 0 Å². The van der Waals surface area contributed by atoms with Crippen LogP contribution in [0.3, 0.4) is 0 Å². The second-order valence-corrected chi connectivity index (χ2v) is 4.19. The summed E-state index contributed by atoms with van der Waals surface area (Å²) in [4.78, 5) is 11.7. The molecule has 0 aliphatic heterocycles. The van der Waals surface area contributed by atoms with Crippen molar-refractivity contribution in [1.82, 2.24) is 9.88 Å². The third kappa shape index (κ3) is 3.66. The highest BCUT2D eigenvalue weighted by Crippen LogP contribution is 2.05. The molecule has 0 saturated heterocycles. The van der Waals surface area contributed by atoms with Gasteiger partial charge in [0.25, 0.3) is 0 Å². The van der Waals surface area contributed by atoms with E-state index in [0.29, 0.717) is 18.7 Å². The summed E-state index contributed by atoms with van der Waals surface area (Å²) in [6.45, 7) is 1.43. The molecule has 1 aromatic carbocycles. The fraction of sp³-hybridized carbons (Fsp3) is 0.214. The molecule has 94 valence electrons. The molecule has 3 N–H and O–H groups in total. The van der Waals surface area contributed by atoms with Gasteiger partial charge in [0, 0.05) is 31.2 Å². The maximum absolute atomic E-state index is 11.7. The number of rotatable bonds is 5. The van der Waals surface area contributed by atoms with Crippen LogP contribution in [0.2, 0.25) is 0 Å². The zero-order chi connectivity index (χ0) is 12.8. The van der Waals surface area contributed by atoms with E-state index in [0.717, 1.165) is 12.1 Å². The fourth-order valence-electron chi connectivity index (χ4n) is 1.73. The molecule has 0 atom stereocenters. The summed E-state index contributed by atoms with van der Waals surface area (Å²) >= 11 is 0. The number of nitrogens with zero attached hydrogens (tertiary/aromatic N) is 1. The number of nitrogen functional groups attached to an aromatic ring is 1. The van der Waals surface area contributed by atoms with Gasteiger partial charge in [0.1, 0.15) is 0 Å². The summed E-state index contributed by atoms with van der Waals surface area (Å²) in [5.41, 5.74) is 7.28. The Balaban J connectivity index is 1.73. The van der Waals surface area contributed by atoms with Gasteiger partial charge in [-0.1, -0.05) is 12.1 Å². The number of anilines is 1. The highest BCUT2D eigenvalue weighted by Gasteiger charge is 2.02. The zero-order valence-electron chi connectivity index (χ0n) is 10.2. The lowest BCUT2D eigenvalue weighted by molar-refractivity contribution is -0.120. The molecule has 1 heterocycles. The van der Waals surface area contributed by atoms with Gasteiger partial charge in [-0.25, -0.2) is 0 Å². The van der Waals surface area contributed by atoms with Crippen LogP contribution in [-0.2, 0) is 17.8 Å². The van der Waals surface area contributed by atoms with E-state index < -0.39 is 0 Å². The van der Waals surface area contributed by atoms with E-state index in [1.54, 1.807) is 0 Å². The Morgan fingerprint density at radius 1 is 1.17 bits per heavy atom. The molecule has 0 aliphatic carbocycles. The van der Waals surface area contributed by atoms with Gasteiger partial charge in [0.05, 0.1) is 6.42 Å². The standard InChI is InChI=1S/C14H17N3O/c15-13-5-3-12(4-6-13)11-14(18)16-7-10-17-8-1-2-9-17/h1-6,8-9H,7,10-11,15H2,(H,16,18). The summed E-state index contributed by atoms with van der Waals surface area (Å²) in [5.74, 6) is 0.0342. The van der Waals surface area contributed by atoms with E-state index in [2.05, 4.69) is 5.32 Å². The first-order valence-corrected chi connectivity index (χ1v) is 5.96. The number of hydrogen-bond donors (Lipinski definition) is 2. The number of amides is 1. The largest absolute Gasteiger partial charge is 0.399 e. The van der Waals surface area contributed by atoms with Crippen molar-refractivity contribution in [2.24, 2.45) is 0 Å². The van der Waals surface area contributed by atoms with Crippen molar-refractivity contribution in [1.29, 1.82) is 0 Å². The molecule has 2 rings (SSSR count). The molecule has 0 fully saturated rings. The maximum atomic E-state index is 11.7. The van der Waals surface area contributed by atoms with E-state index >= 15 is 0 Å². The van der Waals surface area contributed by atoms with Gasteiger partial charge in [-0.2, -0.15) is 0 Å². The molecule has 0 bridgehead atoms. The monoisotopic (exact) mass is 243 g/mol. The number of benzene rings is 1. The average Bonchev–Trinajstić information content (AvgIpc) is 2.85. The van der Waals surface area contributed by atoms with Crippen LogP contribution < -0.4 is 11.1 Å². The average molecular weight is 243 g/mol. The SMILES string of the molecule is Nc1ccc(CC(=O)NCCn2cccc2)cc1. The van der Waals surface area contributed by atoms with Crippen molar-refractivity contribution in [3.63, 3.8) is 0 Å². The summed E-state index contributed by atoms with van der Waals surface area (Å²) in [6.07, 6.45) is 4.35. The summed E-state index contributed by atoms with van der Waals surface area (Å²) in [5, 5.41) is 2.89. The van der Waals surface area contributed by atoms with Crippen LogP contribution in [0.5, 0.6) is 0 Å². The van der Waals surface area contributed by atoms with Gasteiger partial charge in [-0.15, -0.1) is 0 Å². The minimum absolute atomic E-state index is 0.0342. The summed E-state index contributed by atoms with van der Waals surface area (Å²) in [6, 6.07) is 11.3. The number of hydrogen-bond acceptors (Lipinski definition) is 2. The summed E-state index contributed by atoms with van der Waals surface area (Å²) in [7, 11) is 0. The molecular weight excluding hydrogens is 226 g/mol. The van der Waals surface area contributed by atoms with E-state index in [9.17, 15) is 4.79 Å². The van der Waals surface area contributed by atoms with E-state index in [-0.39, 0.29) is 5.91 Å². The third-order valence-corrected chi connectivity index (χ3v) is 2.70. The minimum atomic E-state index is 0.0342. The molecule has 1 aromatic heterocycles. The highest BCUT2D eigenvalue weighted by atomic mass is 16.1. The topological polar surface area (TPSA) is 60.1 Å². The van der Waals surface area contributed by atoms with Gasteiger partial charge in [0.2, 0.25) is 5.91 Å². The van der Waals surface area contributed by atoms with Crippen LogP contribution in [-0.4, -0.2) is 17.0 Å². The van der Waals surface area contributed by atoms with Crippen LogP contribution in [0.1, 0.15) is 5.56 Å². The van der Waals surface area contributed by atoms with Gasteiger partial charge in [0.15, 0.2) is 0 Å². The lowest BCUT2D eigenvalue weighted by Gasteiger charge is -2.06. The molecule has 2 aromatic rings. The lowest BCUT2D eigenvalue weighted by Crippen LogP contribution is -2.28. The van der Waals surface area contributed by atoms with Crippen LogP contribution in [0.15, 0.2) is 48.8 Å². The molecule has 0 saturated carbocycles. The first-order chi connectivity index (χ1) is 8.74. The summed E-state index contributed by atoms with van der Waals surface area (Å²) < 4.78 is 2.03. The van der Waals surface area contributed by atoms with E-state index in [4.69, 9.17) is 5.73 Å². The van der Waals surface area contributed by atoms with E-state index in [1.807, 2.05) is 53.4 Å². The molecule has 4 heteroatoms. The second-order valence-electron chi connectivity index (χ2n) is 4.19. The Bertz CT molecular complexity index is 488. The van der Waals surface area contributed by atoms with Crippen molar-refractivity contribution >= 4 is 11.6 Å². The van der Waals surface area contributed by atoms with Crippen LogP contribution in [0.25, 0.3) is 0 Å². The normalized spacial score (nSPS) is 10.2. The van der Waals surface area contributed by atoms with Crippen molar-refractivity contribution in [3.05, 3.63) is 54.4 Å². The van der Waals surface area contributed by atoms with Crippen molar-refractivity contribution < 1.29 is 4.79 Å². The van der Waals surface area contributed by atoms with Crippen LogP contribution in [0.4, 0.5) is 5.69 Å². The molecule has 18 heavy (non-hydrogen) atoms. The van der Waals surface area contributed by atoms with Crippen LogP contribution in [0, 0.1) is 0 Å². The Labute approximate surface area is 106 Å². The third-order valence-electron chi connectivity index (χ3n) is 2.70. The first kappa shape index (κ1) is 12.2. The quantitative estimate of drug-likeness (QED) is 0.780. The molecule has 0 radical (unpaired) electrons. The van der Waals surface area contributed by atoms with Crippen molar-refractivity contribution in [2.45, 2.75) is 13.0 Å². The number of carbonyl (C=O) groups is 1. The first-order valence-electron chi connectivity index (χ1n) is 5.96. The van der Waals surface area contributed by atoms with Gasteiger partial charge in [-0.05, 0) is 29.8 Å². The second kappa shape index (κ2) is 5.91. The smallest absolute Gasteiger partial charge is 0.224 e. The molecule has 0 spiro atoms. The number of nitrogens with one attached hydrogen (secondary N) is 1. The van der Waals surface area contributed by atoms with Gasteiger partial charge in [-0.3, -0.25) is 4.79 Å². The Morgan fingerprint density at radius 2 is 1.83 bits per heavy atom. The molecule has 0 aliphatic rings. The maximum Gasteiger partial charge on any atom is 0.224 e. The molecule has 4 nitrogen and oxygen atoms in total.